The van der Waals surface area contributed by atoms with Crippen LogP contribution in [0.1, 0.15) is 18.6 Å². The number of halogens is 1. The first-order valence-electron chi connectivity index (χ1n) is 8.44. The van der Waals surface area contributed by atoms with Crippen molar-refractivity contribution in [2.24, 2.45) is 0 Å². The molecule has 0 amide bonds. The van der Waals surface area contributed by atoms with Crippen molar-refractivity contribution in [3.63, 3.8) is 0 Å². The molecule has 0 spiro atoms. The number of nitrogens with zero attached hydrogens (tertiary/aromatic N) is 2. The molecule has 0 saturated carbocycles. The number of rotatable bonds is 7. The summed E-state index contributed by atoms with van der Waals surface area (Å²) in [7, 11) is 0. The standard InChI is InChI=1S/C20H23N3O2.ClH/c1-3-13-22-17-7-5-6-8-18(17)23(20(22)21)14-19(24)15-9-11-16(12-10-15)25-4-2;/h3,5-12,19,21,24H,1,4,13-14H2,2H3;1H. The molecule has 0 aliphatic heterocycles. The zero-order valence-corrected chi connectivity index (χ0v) is 15.6. The molecule has 0 fully saturated rings. The first kappa shape index (κ1) is 19.8. The molecule has 0 aliphatic rings. The van der Waals surface area contributed by atoms with Gasteiger partial charge in [-0.25, -0.2) is 9.13 Å². The summed E-state index contributed by atoms with van der Waals surface area (Å²) in [5.74, 6) is 1.40. The highest BCUT2D eigenvalue weighted by molar-refractivity contribution is 5.73. The second-order valence-corrected chi connectivity index (χ2v) is 5.87. The number of nitrogens with two attached hydrogens (primary N) is 1. The fourth-order valence-electron chi connectivity index (χ4n) is 3.06. The predicted molar refractivity (Wildman–Crippen MR) is 99.3 cm³/mol. The smallest absolute Gasteiger partial charge is 0.356 e. The molecule has 0 bridgehead atoms. The highest BCUT2D eigenvalue weighted by Gasteiger charge is 2.22. The molecule has 3 rings (SSSR count). The summed E-state index contributed by atoms with van der Waals surface area (Å²) in [6.07, 6.45) is 1.15. The summed E-state index contributed by atoms with van der Waals surface area (Å²) in [5.41, 5.74) is 9.19. The van der Waals surface area contributed by atoms with E-state index in [1.54, 1.807) is 0 Å². The maximum absolute atomic E-state index is 10.7. The van der Waals surface area contributed by atoms with Crippen LogP contribution in [0.3, 0.4) is 0 Å². The lowest BCUT2D eigenvalue weighted by Gasteiger charge is -2.11. The van der Waals surface area contributed by atoms with Crippen molar-refractivity contribution in [1.29, 1.82) is 0 Å². The van der Waals surface area contributed by atoms with Gasteiger partial charge in [0, 0.05) is 0 Å². The van der Waals surface area contributed by atoms with Gasteiger partial charge in [0.1, 0.15) is 29.4 Å². The Bertz CT molecular complexity index is 875. The van der Waals surface area contributed by atoms with Crippen LogP contribution in [0.5, 0.6) is 5.75 Å². The molecule has 138 valence electrons. The van der Waals surface area contributed by atoms with Crippen molar-refractivity contribution < 1.29 is 26.8 Å². The molecular formula is C20H24ClN3O2. The molecule has 3 N–H and O–H groups in total. The maximum Gasteiger partial charge on any atom is 0.356 e. The largest absolute Gasteiger partial charge is 1.00 e. The van der Waals surface area contributed by atoms with Crippen molar-refractivity contribution in [3.05, 3.63) is 66.7 Å². The quantitative estimate of drug-likeness (QED) is 0.446. The van der Waals surface area contributed by atoms with Gasteiger partial charge in [-0.1, -0.05) is 36.9 Å². The van der Waals surface area contributed by atoms with E-state index in [0.29, 0.717) is 25.6 Å². The number of benzene rings is 2. The Labute approximate surface area is 159 Å². The normalized spacial score (nSPS) is 11.8. The highest BCUT2D eigenvalue weighted by atomic mass is 35.5. The van der Waals surface area contributed by atoms with Crippen molar-refractivity contribution >= 4 is 17.0 Å². The van der Waals surface area contributed by atoms with Gasteiger partial charge in [-0.05, 0) is 36.8 Å². The van der Waals surface area contributed by atoms with Crippen LogP contribution < -0.4 is 27.4 Å². The molecule has 1 atom stereocenters. The fourth-order valence-corrected chi connectivity index (χ4v) is 3.06. The third kappa shape index (κ3) is 3.84. The van der Waals surface area contributed by atoms with Crippen LogP contribution in [0.15, 0.2) is 61.2 Å². The van der Waals surface area contributed by atoms with Crippen molar-refractivity contribution in [2.75, 3.05) is 12.3 Å². The van der Waals surface area contributed by atoms with Crippen LogP contribution in [0, 0.1) is 0 Å². The number of hydrogen-bond acceptors (Lipinski definition) is 3. The number of allylic oxidation sites excluding steroid dienone is 1. The average Bonchev–Trinajstić information content (AvgIpc) is 2.89. The van der Waals surface area contributed by atoms with Gasteiger partial charge in [0.15, 0.2) is 0 Å². The number of imidazole rings is 1. The molecule has 0 aliphatic carbocycles. The summed E-state index contributed by atoms with van der Waals surface area (Å²) >= 11 is 0. The Hall–Kier alpha value is -2.50. The van der Waals surface area contributed by atoms with Crippen LogP contribution in [0.2, 0.25) is 0 Å². The molecular weight excluding hydrogens is 350 g/mol. The number of anilines is 1. The number of aromatic nitrogens is 2. The van der Waals surface area contributed by atoms with Crippen LogP contribution in [-0.2, 0) is 13.1 Å². The molecule has 3 aromatic rings. The molecule has 1 heterocycles. The number of nitrogen functional groups attached to an aromatic ring is 1. The summed E-state index contributed by atoms with van der Waals surface area (Å²) in [5, 5.41) is 10.7. The summed E-state index contributed by atoms with van der Waals surface area (Å²) in [6.45, 7) is 7.37. The molecule has 1 aromatic heterocycles. The topological polar surface area (TPSA) is 64.3 Å². The zero-order valence-electron chi connectivity index (χ0n) is 14.8. The summed E-state index contributed by atoms with van der Waals surface area (Å²) < 4.78 is 9.38. The Balaban J connectivity index is 0.00000243. The van der Waals surface area contributed by atoms with Crippen molar-refractivity contribution in [3.8, 4) is 5.75 Å². The van der Waals surface area contributed by atoms with Gasteiger partial charge in [-0.2, -0.15) is 0 Å². The lowest BCUT2D eigenvalue weighted by molar-refractivity contribution is -0.666. The molecule has 5 nitrogen and oxygen atoms in total. The van der Waals surface area contributed by atoms with Crippen LogP contribution in [-0.4, -0.2) is 16.3 Å². The van der Waals surface area contributed by atoms with E-state index in [-0.39, 0.29) is 12.4 Å². The minimum atomic E-state index is -0.661. The second kappa shape index (κ2) is 8.74. The Kier molecular flexibility index (Phi) is 6.66. The summed E-state index contributed by atoms with van der Waals surface area (Å²) in [4.78, 5) is 0. The van der Waals surface area contributed by atoms with E-state index in [0.717, 1.165) is 22.3 Å². The number of para-hydroxylation sites is 2. The Morgan fingerprint density at radius 1 is 1.23 bits per heavy atom. The van der Waals surface area contributed by atoms with E-state index >= 15 is 0 Å². The van der Waals surface area contributed by atoms with Gasteiger partial charge in [0.05, 0.1) is 13.2 Å². The Morgan fingerprint density at radius 2 is 1.92 bits per heavy atom. The third-order valence-corrected chi connectivity index (χ3v) is 4.26. The van der Waals surface area contributed by atoms with Gasteiger partial charge < -0.3 is 22.3 Å². The fraction of sp³-hybridized carbons (Fsp3) is 0.250. The van der Waals surface area contributed by atoms with E-state index in [4.69, 9.17) is 10.5 Å². The van der Waals surface area contributed by atoms with Gasteiger partial charge in [0.2, 0.25) is 0 Å². The third-order valence-electron chi connectivity index (χ3n) is 4.26. The number of hydrogen-bond donors (Lipinski definition) is 2. The van der Waals surface area contributed by atoms with Crippen molar-refractivity contribution in [2.45, 2.75) is 26.1 Å². The second-order valence-electron chi connectivity index (χ2n) is 5.87. The molecule has 0 radical (unpaired) electrons. The van der Waals surface area contributed by atoms with E-state index in [9.17, 15) is 5.11 Å². The minimum Gasteiger partial charge on any atom is -1.00 e. The van der Waals surface area contributed by atoms with E-state index in [1.165, 1.54) is 0 Å². The van der Waals surface area contributed by atoms with E-state index in [1.807, 2.05) is 70.7 Å². The number of fused-ring (bicyclic) bond motifs is 1. The molecule has 6 heteroatoms. The Morgan fingerprint density at radius 3 is 2.58 bits per heavy atom. The average molecular weight is 374 g/mol. The molecule has 26 heavy (non-hydrogen) atoms. The summed E-state index contributed by atoms with van der Waals surface area (Å²) in [6, 6.07) is 15.5. The van der Waals surface area contributed by atoms with Gasteiger partial charge >= 0.3 is 5.95 Å². The first-order valence-corrected chi connectivity index (χ1v) is 8.44. The van der Waals surface area contributed by atoms with Crippen LogP contribution in [0.25, 0.3) is 11.0 Å². The van der Waals surface area contributed by atoms with Gasteiger partial charge in [0.25, 0.3) is 0 Å². The number of aliphatic hydroxyl groups excluding tert-OH is 1. The zero-order chi connectivity index (χ0) is 17.8. The van der Waals surface area contributed by atoms with E-state index in [2.05, 4.69) is 6.58 Å². The van der Waals surface area contributed by atoms with E-state index < -0.39 is 6.10 Å². The van der Waals surface area contributed by atoms with Crippen LogP contribution >= 0.6 is 0 Å². The SMILES string of the molecule is C=CCn1c(N)[n+](CC(O)c2ccc(OCC)cc2)c2ccccc21.[Cl-]. The molecule has 0 saturated heterocycles. The highest BCUT2D eigenvalue weighted by Crippen LogP contribution is 2.21. The van der Waals surface area contributed by atoms with Gasteiger partial charge in [-0.15, -0.1) is 0 Å². The lowest BCUT2D eigenvalue weighted by Crippen LogP contribution is -3.00. The predicted octanol–water partition coefficient (Wildman–Crippen LogP) is -0.167. The monoisotopic (exact) mass is 373 g/mol. The number of ether oxygens (including phenoxy) is 1. The minimum absolute atomic E-state index is 0. The molecule has 1 unspecified atom stereocenters. The molecule has 2 aromatic carbocycles. The maximum atomic E-state index is 10.7. The number of aliphatic hydroxyl groups is 1. The van der Waals surface area contributed by atoms with Crippen LogP contribution in [0.4, 0.5) is 5.95 Å². The van der Waals surface area contributed by atoms with Crippen molar-refractivity contribution in [1.82, 2.24) is 4.57 Å². The van der Waals surface area contributed by atoms with Gasteiger partial charge in [-0.3, -0.25) is 5.73 Å². The first-order chi connectivity index (χ1) is 12.2. The lowest BCUT2D eigenvalue weighted by atomic mass is 10.1.